The van der Waals surface area contributed by atoms with Gasteiger partial charge in [0.2, 0.25) is 5.91 Å². The number of rotatable bonds is 16. The second kappa shape index (κ2) is 14.1. The highest BCUT2D eigenvalue weighted by atomic mass is 16.3. The van der Waals surface area contributed by atoms with Crippen LogP contribution in [-0.4, -0.2) is 52.7 Å². The molecule has 0 spiro atoms. The number of carbonyl (C=O) groups excluding carboxylic acids is 2. The van der Waals surface area contributed by atoms with E-state index in [9.17, 15) is 14.7 Å². The van der Waals surface area contributed by atoms with Crippen LogP contribution in [0, 0.1) is 17.8 Å². The van der Waals surface area contributed by atoms with E-state index in [1.165, 1.54) is 0 Å². The average molecular weight is 415 g/mol. The van der Waals surface area contributed by atoms with Crippen molar-refractivity contribution in [3.05, 3.63) is 0 Å². The maximum absolute atomic E-state index is 13.1. The molecule has 6 nitrogen and oxygen atoms in total. The quantitative estimate of drug-likeness (QED) is 0.311. The van der Waals surface area contributed by atoms with Crippen LogP contribution in [0.25, 0.3) is 0 Å². The molecule has 172 valence electrons. The molecule has 1 amide bonds. The number of amides is 1. The van der Waals surface area contributed by atoms with Crippen LogP contribution in [0.3, 0.4) is 0 Å². The zero-order valence-corrected chi connectivity index (χ0v) is 19.8. The highest BCUT2D eigenvalue weighted by Gasteiger charge is 2.33. The average Bonchev–Trinajstić information content (AvgIpc) is 2.71. The molecular formula is C23H46N2O4. The minimum Gasteiger partial charge on any atom is -0.394 e. The number of nitrogens with one attached hydrogen (secondary N) is 2. The molecule has 4 atom stereocenters. The second-order valence-electron chi connectivity index (χ2n) is 8.94. The van der Waals surface area contributed by atoms with Crippen molar-refractivity contribution in [2.75, 3.05) is 13.2 Å². The fourth-order valence-electron chi connectivity index (χ4n) is 3.63. The van der Waals surface area contributed by atoms with E-state index in [0.717, 1.165) is 25.7 Å². The lowest BCUT2D eigenvalue weighted by Gasteiger charge is -2.35. The molecule has 29 heavy (non-hydrogen) atoms. The maximum atomic E-state index is 13.1. The van der Waals surface area contributed by atoms with E-state index in [-0.39, 0.29) is 47.6 Å². The number of ketones is 1. The summed E-state index contributed by atoms with van der Waals surface area (Å²) in [7, 11) is 0. The van der Waals surface area contributed by atoms with Gasteiger partial charge in [0, 0.05) is 23.9 Å². The molecule has 0 aromatic heterocycles. The van der Waals surface area contributed by atoms with Gasteiger partial charge in [-0.25, -0.2) is 0 Å². The lowest BCUT2D eigenvalue weighted by Crippen LogP contribution is -2.53. The molecule has 0 saturated carbocycles. The van der Waals surface area contributed by atoms with Gasteiger partial charge < -0.3 is 20.8 Å². The monoisotopic (exact) mass is 414 g/mol. The SMILES string of the molecule is CCC(CC)C(=O)C(CC(C)C(=O)NCC(C)CC(O)CO)NC(C)(CC)CC. The summed E-state index contributed by atoms with van der Waals surface area (Å²) in [5, 5.41) is 25.0. The molecule has 0 aliphatic rings. The maximum Gasteiger partial charge on any atom is 0.222 e. The van der Waals surface area contributed by atoms with Gasteiger partial charge in [0.15, 0.2) is 5.78 Å². The first kappa shape index (κ1) is 28.0. The van der Waals surface area contributed by atoms with E-state index >= 15 is 0 Å². The number of hydrogen-bond acceptors (Lipinski definition) is 5. The van der Waals surface area contributed by atoms with Crippen LogP contribution >= 0.6 is 0 Å². The lowest BCUT2D eigenvalue weighted by molar-refractivity contribution is -0.128. The highest BCUT2D eigenvalue weighted by molar-refractivity contribution is 5.87. The molecule has 4 N–H and O–H groups in total. The van der Waals surface area contributed by atoms with Crippen LogP contribution < -0.4 is 10.6 Å². The smallest absolute Gasteiger partial charge is 0.222 e. The third-order valence-corrected chi connectivity index (χ3v) is 6.36. The Morgan fingerprint density at radius 2 is 1.55 bits per heavy atom. The molecule has 0 aromatic rings. The summed E-state index contributed by atoms with van der Waals surface area (Å²) < 4.78 is 0. The van der Waals surface area contributed by atoms with Crippen molar-refractivity contribution in [3.63, 3.8) is 0 Å². The third kappa shape index (κ3) is 10.1. The first-order valence-electron chi connectivity index (χ1n) is 11.4. The Hall–Kier alpha value is -0.980. The van der Waals surface area contributed by atoms with Crippen LogP contribution in [0.5, 0.6) is 0 Å². The molecule has 6 heteroatoms. The van der Waals surface area contributed by atoms with Gasteiger partial charge in [-0.3, -0.25) is 9.59 Å². The number of Topliss-reactive ketones (excluding diaryl/α,β-unsaturated/α-hetero) is 1. The Morgan fingerprint density at radius 1 is 1.00 bits per heavy atom. The highest BCUT2D eigenvalue weighted by Crippen LogP contribution is 2.22. The van der Waals surface area contributed by atoms with Crippen molar-refractivity contribution in [1.29, 1.82) is 0 Å². The van der Waals surface area contributed by atoms with Crippen molar-refractivity contribution in [2.45, 2.75) is 105 Å². The molecule has 4 unspecified atom stereocenters. The molecule has 0 heterocycles. The number of carbonyl (C=O) groups is 2. The second-order valence-corrected chi connectivity index (χ2v) is 8.94. The molecule has 0 aliphatic heterocycles. The first-order chi connectivity index (χ1) is 13.6. The molecule has 0 rings (SSSR count). The fourth-order valence-corrected chi connectivity index (χ4v) is 3.63. The van der Waals surface area contributed by atoms with E-state index in [0.29, 0.717) is 19.4 Å². The van der Waals surface area contributed by atoms with Crippen LogP contribution in [0.1, 0.15) is 87.0 Å². The summed E-state index contributed by atoms with van der Waals surface area (Å²) in [6.07, 6.45) is 3.62. The molecule has 0 aliphatic carbocycles. The third-order valence-electron chi connectivity index (χ3n) is 6.36. The lowest BCUT2D eigenvalue weighted by atomic mass is 9.85. The predicted molar refractivity (Wildman–Crippen MR) is 119 cm³/mol. The Kier molecular flexibility index (Phi) is 13.6. The Labute approximate surface area is 178 Å². The van der Waals surface area contributed by atoms with Crippen molar-refractivity contribution in [1.82, 2.24) is 10.6 Å². The Bertz CT molecular complexity index is 475. The zero-order chi connectivity index (χ0) is 22.6. The minimum absolute atomic E-state index is 0.0146. The topological polar surface area (TPSA) is 98.7 Å². The van der Waals surface area contributed by atoms with E-state index in [1.807, 2.05) is 27.7 Å². The van der Waals surface area contributed by atoms with Gasteiger partial charge in [-0.15, -0.1) is 0 Å². The number of hydrogen-bond donors (Lipinski definition) is 4. The summed E-state index contributed by atoms with van der Waals surface area (Å²) in [6, 6.07) is -0.334. The van der Waals surface area contributed by atoms with Gasteiger partial charge >= 0.3 is 0 Å². The van der Waals surface area contributed by atoms with E-state index in [1.54, 1.807) is 0 Å². The van der Waals surface area contributed by atoms with Crippen molar-refractivity contribution >= 4 is 11.7 Å². The van der Waals surface area contributed by atoms with Gasteiger partial charge in [-0.05, 0) is 51.4 Å². The number of aliphatic hydroxyl groups is 2. The number of aliphatic hydroxyl groups excluding tert-OH is 2. The zero-order valence-electron chi connectivity index (χ0n) is 19.8. The van der Waals surface area contributed by atoms with Crippen LogP contribution in [-0.2, 0) is 9.59 Å². The molecule has 0 aromatic carbocycles. The molecule has 0 fully saturated rings. The Balaban J connectivity index is 5.06. The Morgan fingerprint density at radius 3 is 2.00 bits per heavy atom. The summed E-state index contributed by atoms with van der Waals surface area (Å²) in [5.41, 5.74) is -0.127. The van der Waals surface area contributed by atoms with Crippen molar-refractivity contribution < 1.29 is 19.8 Å². The van der Waals surface area contributed by atoms with Gasteiger partial charge in [0.1, 0.15) is 0 Å². The van der Waals surface area contributed by atoms with E-state index in [4.69, 9.17) is 5.11 Å². The molecule has 0 saturated heterocycles. The fraction of sp³-hybridized carbons (Fsp3) is 0.913. The molecule has 0 bridgehead atoms. The van der Waals surface area contributed by atoms with Gasteiger partial charge in [-0.1, -0.05) is 41.5 Å². The minimum atomic E-state index is -0.758. The van der Waals surface area contributed by atoms with Gasteiger partial charge in [-0.2, -0.15) is 0 Å². The van der Waals surface area contributed by atoms with E-state index < -0.39 is 6.10 Å². The largest absolute Gasteiger partial charge is 0.394 e. The normalized spacial score (nSPS) is 16.3. The summed E-state index contributed by atoms with van der Waals surface area (Å²) >= 11 is 0. The van der Waals surface area contributed by atoms with Crippen LogP contribution in [0.2, 0.25) is 0 Å². The summed E-state index contributed by atoms with van der Waals surface area (Å²) in [6.45, 7) is 14.4. The van der Waals surface area contributed by atoms with Crippen molar-refractivity contribution in [3.8, 4) is 0 Å². The summed E-state index contributed by atoms with van der Waals surface area (Å²) in [5.74, 6) is -0.0762. The van der Waals surface area contributed by atoms with E-state index in [2.05, 4.69) is 31.4 Å². The van der Waals surface area contributed by atoms with Crippen LogP contribution in [0.4, 0.5) is 0 Å². The van der Waals surface area contributed by atoms with Gasteiger partial charge in [0.05, 0.1) is 18.8 Å². The van der Waals surface area contributed by atoms with Crippen molar-refractivity contribution in [2.24, 2.45) is 17.8 Å². The van der Waals surface area contributed by atoms with Crippen LogP contribution in [0.15, 0.2) is 0 Å². The van der Waals surface area contributed by atoms with Gasteiger partial charge in [0.25, 0.3) is 0 Å². The first-order valence-corrected chi connectivity index (χ1v) is 11.4. The standard InChI is InChI=1S/C23H46N2O4/c1-8-18(9-2)21(28)20(25-23(7,10-3)11-4)13-17(6)22(29)24-14-16(5)12-19(27)15-26/h16-20,25-27H,8-15H2,1-7H3,(H,24,29). The molecular weight excluding hydrogens is 368 g/mol. The predicted octanol–water partition coefficient (Wildman–Crippen LogP) is 3.05. The summed E-state index contributed by atoms with van der Waals surface area (Å²) in [4.78, 5) is 25.8. The molecule has 0 radical (unpaired) electrons.